The van der Waals surface area contributed by atoms with Crippen molar-refractivity contribution in [3.05, 3.63) is 34.3 Å². The second-order valence-electron chi connectivity index (χ2n) is 4.77. The molecule has 2 atom stereocenters. The minimum Gasteiger partial charge on any atom is -0.348 e. The van der Waals surface area contributed by atoms with Crippen LogP contribution in [0.2, 0.25) is 0 Å². The van der Waals surface area contributed by atoms with Gasteiger partial charge in [0, 0.05) is 4.47 Å². The van der Waals surface area contributed by atoms with Crippen LogP contribution >= 0.6 is 15.9 Å². The molecule has 4 heteroatoms. The van der Waals surface area contributed by atoms with Crippen LogP contribution in [0.1, 0.15) is 51.1 Å². The first-order chi connectivity index (χ1) is 9.08. The molecule has 3 N–H and O–H groups in total. The van der Waals surface area contributed by atoms with Crippen LogP contribution in [0.25, 0.3) is 0 Å². The fraction of sp³-hybridized carbons (Fsp3) is 0.533. The maximum absolute atomic E-state index is 12.0. The van der Waals surface area contributed by atoms with Crippen molar-refractivity contribution in [2.24, 2.45) is 5.73 Å². The first-order valence-corrected chi connectivity index (χ1v) is 7.69. The highest BCUT2D eigenvalue weighted by atomic mass is 79.9. The van der Waals surface area contributed by atoms with Gasteiger partial charge in [0.15, 0.2) is 0 Å². The Labute approximate surface area is 124 Å². The molecular weight excluding hydrogens is 304 g/mol. The lowest BCUT2D eigenvalue weighted by molar-refractivity contribution is -0.123. The van der Waals surface area contributed by atoms with E-state index in [2.05, 4.69) is 35.1 Å². The highest BCUT2D eigenvalue weighted by molar-refractivity contribution is 9.10. The first-order valence-electron chi connectivity index (χ1n) is 6.89. The maximum atomic E-state index is 12.0. The second-order valence-corrected chi connectivity index (χ2v) is 5.69. The Hall–Kier alpha value is -0.870. The summed E-state index contributed by atoms with van der Waals surface area (Å²) in [6.07, 6.45) is 3.65. The molecule has 0 spiro atoms. The van der Waals surface area contributed by atoms with Crippen LogP contribution in [0.3, 0.4) is 0 Å². The smallest absolute Gasteiger partial charge is 0.237 e. The van der Waals surface area contributed by atoms with Crippen LogP contribution in [-0.2, 0) is 4.79 Å². The lowest BCUT2D eigenvalue weighted by Gasteiger charge is -2.20. The van der Waals surface area contributed by atoms with Gasteiger partial charge in [0.05, 0.1) is 12.1 Å². The summed E-state index contributed by atoms with van der Waals surface area (Å²) in [6, 6.07) is 7.66. The van der Waals surface area contributed by atoms with Gasteiger partial charge in [-0.2, -0.15) is 0 Å². The molecular formula is C15H23BrN2O. The van der Waals surface area contributed by atoms with Crippen LogP contribution < -0.4 is 11.1 Å². The van der Waals surface area contributed by atoms with E-state index >= 15 is 0 Å². The standard InChI is InChI=1S/C15H23BrN2O/c1-3-5-6-13(17)15(19)18-14(4-2)11-7-9-12(16)10-8-11/h7-10,13-14H,3-6,17H2,1-2H3,(H,18,19)/t13-,14?/m0/s1. The quantitative estimate of drug-likeness (QED) is 0.805. The average molecular weight is 327 g/mol. The summed E-state index contributed by atoms with van der Waals surface area (Å²) in [7, 11) is 0. The van der Waals surface area contributed by atoms with Gasteiger partial charge in [-0.05, 0) is 30.5 Å². The summed E-state index contributed by atoms with van der Waals surface area (Å²) in [5.41, 5.74) is 7.00. The summed E-state index contributed by atoms with van der Waals surface area (Å²) in [4.78, 5) is 12.0. The number of rotatable bonds is 7. The molecule has 1 aromatic carbocycles. The monoisotopic (exact) mass is 326 g/mol. The Bertz CT molecular complexity index is 392. The van der Waals surface area contributed by atoms with Crippen molar-refractivity contribution >= 4 is 21.8 Å². The Morgan fingerprint density at radius 3 is 2.47 bits per heavy atom. The zero-order valence-electron chi connectivity index (χ0n) is 11.7. The molecule has 1 unspecified atom stereocenters. The molecule has 19 heavy (non-hydrogen) atoms. The van der Waals surface area contributed by atoms with Crippen LogP contribution in [0, 0.1) is 0 Å². The number of amides is 1. The molecule has 0 fully saturated rings. The van der Waals surface area contributed by atoms with Crippen molar-refractivity contribution < 1.29 is 4.79 Å². The van der Waals surface area contributed by atoms with E-state index in [1.165, 1.54) is 0 Å². The van der Waals surface area contributed by atoms with Gasteiger partial charge in [0.2, 0.25) is 5.91 Å². The van der Waals surface area contributed by atoms with Gasteiger partial charge < -0.3 is 11.1 Å². The minimum absolute atomic E-state index is 0.0354. The topological polar surface area (TPSA) is 55.1 Å². The van der Waals surface area contributed by atoms with Crippen molar-refractivity contribution in [2.45, 2.75) is 51.6 Å². The number of carbonyl (C=O) groups excluding carboxylic acids is 1. The molecule has 0 aliphatic carbocycles. The number of hydrogen-bond acceptors (Lipinski definition) is 2. The number of benzene rings is 1. The summed E-state index contributed by atoms with van der Waals surface area (Å²) < 4.78 is 1.04. The number of nitrogens with one attached hydrogen (secondary N) is 1. The average Bonchev–Trinajstić information content (AvgIpc) is 2.42. The van der Waals surface area contributed by atoms with E-state index in [9.17, 15) is 4.79 Å². The van der Waals surface area contributed by atoms with Gasteiger partial charge in [0.1, 0.15) is 0 Å². The lowest BCUT2D eigenvalue weighted by Crippen LogP contribution is -2.42. The largest absolute Gasteiger partial charge is 0.348 e. The summed E-state index contributed by atoms with van der Waals surface area (Å²) in [6.45, 7) is 4.16. The molecule has 0 aromatic heterocycles. The highest BCUT2D eigenvalue weighted by Gasteiger charge is 2.17. The number of unbranched alkanes of at least 4 members (excludes halogenated alkanes) is 1. The van der Waals surface area contributed by atoms with E-state index in [1.807, 2.05) is 24.3 Å². The molecule has 1 amide bonds. The Morgan fingerprint density at radius 2 is 1.95 bits per heavy atom. The molecule has 0 saturated carbocycles. The molecule has 3 nitrogen and oxygen atoms in total. The van der Waals surface area contributed by atoms with Crippen molar-refractivity contribution in [2.75, 3.05) is 0 Å². The third-order valence-corrected chi connectivity index (χ3v) is 3.73. The minimum atomic E-state index is -0.399. The zero-order valence-corrected chi connectivity index (χ0v) is 13.2. The fourth-order valence-corrected chi connectivity index (χ4v) is 2.21. The van der Waals surface area contributed by atoms with E-state index in [0.29, 0.717) is 0 Å². The van der Waals surface area contributed by atoms with Gasteiger partial charge in [-0.15, -0.1) is 0 Å². The van der Waals surface area contributed by atoms with E-state index in [1.54, 1.807) is 0 Å². The summed E-state index contributed by atoms with van der Waals surface area (Å²) >= 11 is 3.41. The van der Waals surface area contributed by atoms with Crippen LogP contribution in [0.15, 0.2) is 28.7 Å². The molecule has 0 radical (unpaired) electrons. The number of halogens is 1. The first kappa shape index (κ1) is 16.2. The predicted molar refractivity (Wildman–Crippen MR) is 82.8 cm³/mol. The third-order valence-electron chi connectivity index (χ3n) is 3.20. The van der Waals surface area contributed by atoms with Crippen LogP contribution in [0.5, 0.6) is 0 Å². The van der Waals surface area contributed by atoms with Gasteiger partial charge >= 0.3 is 0 Å². The van der Waals surface area contributed by atoms with Gasteiger partial charge in [-0.25, -0.2) is 0 Å². The molecule has 0 bridgehead atoms. The van der Waals surface area contributed by atoms with E-state index in [4.69, 9.17) is 5.73 Å². The van der Waals surface area contributed by atoms with Gasteiger partial charge in [-0.3, -0.25) is 4.79 Å². The molecule has 1 aromatic rings. The summed E-state index contributed by atoms with van der Waals surface area (Å²) in [5, 5.41) is 3.03. The van der Waals surface area contributed by atoms with Crippen molar-refractivity contribution in [1.29, 1.82) is 0 Å². The van der Waals surface area contributed by atoms with E-state index in [0.717, 1.165) is 35.7 Å². The second kappa shape index (κ2) is 8.33. The summed E-state index contributed by atoms with van der Waals surface area (Å²) in [5.74, 6) is -0.0526. The Morgan fingerprint density at radius 1 is 1.32 bits per heavy atom. The SMILES string of the molecule is CCCC[C@H](N)C(=O)NC(CC)c1ccc(Br)cc1. The maximum Gasteiger partial charge on any atom is 0.237 e. The molecule has 0 saturated heterocycles. The van der Waals surface area contributed by atoms with Crippen molar-refractivity contribution in [3.63, 3.8) is 0 Å². The highest BCUT2D eigenvalue weighted by Crippen LogP contribution is 2.19. The molecule has 1 rings (SSSR count). The van der Waals surface area contributed by atoms with Crippen molar-refractivity contribution in [1.82, 2.24) is 5.32 Å². The number of carbonyl (C=O) groups is 1. The lowest BCUT2D eigenvalue weighted by atomic mass is 10.0. The van der Waals surface area contributed by atoms with Gasteiger partial charge in [-0.1, -0.05) is 54.8 Å². The van der Waals surface area contributed by atoms with Crippen LogP contribution in [0.4, 0.5) is 0 Å². The number of nitrogens with two attached hydrogens (primary N) is 1. The Balaban J connectivity index is 2.61. The normalized spacial score (nSPS) is 13.9. The van der Waals surface area contributed by atoms with Crippen molar-refractivity contribution in [3.8, 4) is 0 Å². The molecule has 0 aliphatic heterocycles. The van der Waals surface area contributed by atoms with E-state index in [-0.39, 0.29) is 11.9 Å². The Kier molecular flexibility index (Phi) is 7.10. The predicted octanol–water partition coefficient (Wildman–Crippen LogP) is 3.53. The van der Waals surface area contributed by atoms with Crippen LogP contribution in [-0.4, -0.2) is 11.9 Å². The van der Waals surface area contributed by atoms with E-state index < -0.39 is 6.04 Å². The molecule has 0 heterocycles. The molecule has 106 valence electrons. The zero-order chi connectivity index (χ0) is 14.3. The van der Waals surface area contributed by atoms with Gasteiger partial charge in [0.25, 0.3) is 0 Å². The third kappa shape index (κ3) is 5.33. The number of hydrogen-bond donors (Lipinski definition) is 2. The fourth-order valence-electron chi connectivity index (χ4n) is 1.95. The molecule has 0 aliphatic rings.